The summed E-state index contributed by atoms with van der Waals surface area (Å²) in [5.74, 6) is 0. The van der Waals surface area contributed by atoms with Crippen molar-refractivity contribution in [2.75, 3.05) is 7.05 Å². The average Bonchev–Trinajstić information content (AvgIpc) is 2.34. The van der Waals surface area contributed by atoms with Crippen LogP contribution in [0.15, 0.2) is 6.20 Å². The van der Waals surface area contributed by atoms with E-state index < -0.39 is 0 Å². The van der Waals surface area contributed by atoms with Crippen molar-refractivity contribution in [2.24, 2.45) is 7.05 Å². The molecule has 0 spiro atoms. The summed E-state index contributed by atoms with van der Waals surface area (Å²) in [7, 11) is 3.80. The molecule has 6 heteroatoms. The van der Waals surface area contributed by atoms with Crippen molar-refractivity contribution in [3.63, 3.8) is 0 Å². The topological polar surface area (TPSA) is 42.7 Å². The van der Waals surface area contributed by atoms with Crippen molar-refractivity contribution < 1.29 is 0 Å². The van der Waals surface area contributed by atoms with Crippen LogP contribution >= 0.6 is 24.8 Å². The lowest BCUT2D eigenvalue weighted by atomic mass is 10.2. The third kappa shape index (κ3) is 2.97. The first-order chi connectivity index (χ1) is 4.75. The normalized spacial score (nSPS) is 11.2. The molecule has 72 valence electrons. The highest BCUT2D eigenvalue weighted by atomic mass is 35.5. The molecular weight excluding hydrogens is 199 g/mol. The predicted molar refractivity (Wildman–Crippen MR) is 53.0 cm³/mol. The standard InChI is InChI=1S/C6H12N4.2ClH/c1-5(7-2)6-4-8-9-10(6)3;;/h4-5,7H,1-3H3;2*1H/t5-;;/m0../s1. The second-order valence-electron chi connectivity index (χ2n) is 2.29. The van der Waals surface area contributed by atoms with E-state index >= 15 is 0 Å². The van der Waals surface area contributed by atoms with Gasteiger partial charge in [0.25, 0.3) is 0 Å². The van der Waals surface area contributed by atoms with Gasteiger partial charge in [0.2, 0.25) is 0 Å². The van der Waals surface area contributed by atoms with Crippen LogP contribution in [0.5, 0.6) is 0 Å². The quantitative estimate of drug-likeness (QED) is 0.794. The molecule has 12 heavy (non-hydrogen) atoms. The van der Waals surface area contributed by atoms with Gasteiger partial charge in [-0.25, -0.2) is 0 Å². The predicted octanol–water partition coefficient (Wildman–Crippen LogP) is 0.939. The van der Waals surface area contributed by atoms with Gasteiger partial charge >= 0.3 is 0 Å². The van der Waals surface area contributed by atoms with Crippen LogP contribution in [0.25, 0.3) is 0 Å². The number of nitrogens with one attached hydrogen (secondary N) is 1. The van der Waals surface area contributed by atoms with Crippen LogP contribution < -0.4 is 5.32 Å². The molecule has 1 N–H and O–H groups in total. The van der Waals surface area contributed by atoms with E-state index in [2.05, 4.69) is 22.6 Å². The SMILES string of the molecule is CN[C@@H](C)c1cnnn1C.Cl.Cl. The summed E-state index contributed by atoms with van der Waals surface area (Å²) in [6.45, 7) is 2.07. The molecule has 1 rings (SSSR count). The van der Waals surface area contributed by atoms with Gasteiger partial charge in [-0.15, -0.1) is 29.9 Å². The molecule has 0 saturated heterocycles. The van der Waals surface area contributed by atoms with Gasteiger partial charge in [0.1, 0.15) is 0 Å². The molecule has 0 fully saturated rings. The van der Waals surface area contributed by atoms with E-state index in [4.69, 9.17) is 0 Å². The zero-order valence-corrected chi connectivity index (χ0v) is 8.95. The molecule has 0 bridgehead atoms. The largest absolute Gasteiger partial charge is 0.312 e. The minimum Gasteiger partial charge on any atom is -0.312 e. The van der Waals surface area contributed by atoms with Crippen LogP contribution in [0.4, 0.5) is 0 Å². The molecule has 0 saturated carbocycles. The summed E-state index contributed by atoms with van der Waals surface area (Å²) in [5.41, 5.74) is 1.10. The Morgan fingerprint density at radius 3 is 2.42 bits per heavy atom. The van der Waals surface area contributed by atoms with Gasteiger partial charge in [-0.1, -0.05) is 5.21 Å². The summed E-state index contributed by atoms with van der Waals surface area (Å²) >= 11 is 0. The Morgan fingerprint density at radius 1 is 1.50 bits per heavy atom. The van der Waals surface area contributed by atoms with Crippen molar-refractivity contribution in [2.45, 2.75) is 13.0 Å². The summed E-state index contributed by atoms with van der Waals surface area (Å²) < 4.78 is 1.77. The van der Waals surface area contributed by atoms with Crippen LogP contribution in [-0.4, -0.2) is 22.0 Å². The Morgan fingerprint density at radius 2 is 2.08 bits per heavy atom. The second kappa shape index (κ2) is 6.22. The number of hydrogen-bond acceptors (Lipinski definition) is 3. The van der Waals surface area contributed by atoms with E-state index in [1.165, 1.54) is 0 Å². The number of nitrogens with zero attached hydrogens (tertiary/aromatic N) is 3. The first kappa shape index (κ1) is 14.2. The van der Waals surface area contributed by atoms with E-state index in [1.807, 2.05) is 14.1 Å². The van der Waals surface area contributed by atoms with Gasteiger partial charge in [0.15, 0.2) is 0 Å². The second-order valence-corrected chi connectivity index (χ2v) is 2.29. The molecule has 1 aromatic heterocycles. The summed E-state index contributed by atoms with van der Waals surface area (Å²) in [4.78, 5) is 0. The highest BCUT2D eigenvalue weighted by Crippen LogP contribution is 2.06. The first-order valence-corrected chi connectivity index (χ1v) is 3.27. The van der Waals surface area contributed by atoms with Crippen LogP contribution in [0.3, 0.4) is 0 Å². The number of rotatable bonds is 2. The van der Waals surface area contributed by atoms with E-state index in [9.17, 15) is 0 Å². The lowest BCUT2D eigenvalue weighted by Gasteiger charge is -2.07. The van der Waals surface area contributed by atoms with Gasteiger partial charge in [0.05, 0.1) is 11.9 Å². The summed E-state index contributed by atoms with van der Waals surface area (Å²) in [6.07, 6.45) is 1.77. The zero-order chi connectivity index (χ0) is 7.56. The van der Waals surface area contributed by atoms with Gasteiger partial charge < -0.3 is 5.32 Å². The average molecular weight is 213 g/mol. The molecule has 0 aromatic carbocycles. The lowest BCUT2D eigenvalue weighted by Crippen LogP contribution is -2.15. The lowest BCUT2D eigenvalue weighted by molar-refractivity contribution is 0.574. The van der Waals surface area contributed by atoms with Gasteiger partial charge in [-0.2, -0.15) is 0 Å². The number of hydrogen-bond donors (Lipinski definition) is 1. The van der Waals surface area contributed by atoms with Crippen LogP contribution in [0.2, 0.25) is 0 Å². The molecule has 4 nitrogen and oxygen atoms in total. The Bertz CT molecular complexity index is 213. The molecule has 0 aliphatic rings. The molecule has 1 atom stereocenters. The fourth-order valence-electron chi connectivity index (χ4n) is 0.838. The summed E-state index contributed by atoms with van der Waals surface area (Å²) in [6, 6.07) is 0.319. The van der Waals surface area contributed by atoms with E-state index in [0.717, 1.165) is 5.69 Å². The Hall–Kier alpha value is -0.320. The minimum absolute atomic E-state index is 0. The van der Waals surface area contributed by atoms with Crippen LogP contribution in [0, 0.1) is 0 Å². The number of aromatic nitrogens is 3. The van der Waals surface area contributed by atoms with E-state index in [0.29, 0.717) is 6.04 Å². The molecule has 0 aliphatic carbocycles. The molecule has 0 radical (unpaired) electrons. The Balaban J connectivity index is 0. The molecule has 0 aliphatic heterocycles. The summed E-state index contributed by atoms with van der Waals surface area (Å²) in [5, 5.41) is 10.7. The van der Waals surface area contributed by atoms with E-state index in [1.54, 1.807) is 10.9 Å². The highest BCUT2D eigenvalue weighted by molar-refractivity contribution is 5.85. The van der Waals surface area contributed by atoms with Crippen LogP contribution in [0.1, 0.15) is 18.7 Å². The fraction of sp³-hybridized carbons (Fsp3) is 0.667. The van der Waals surface area contributed by atoms with Crippen LogP contribution in [-0.2, 0) is 7.05 Å². The maximum Gasteiger partial charge on any atom is 0.0750 e. The molecule has 0 unspecified atom stereocenters. The first-order valence-electron chi connectivity index (χ1n) is 3.27. The third-order valence-corrected chi connectivity index (χ3v) is 1.63. The minimum atomic E-state index is 0. The molecule has 1 heterocycles. The van der Waals surface area contributed by atoms with Crippen molar-refractivity contribution in [3.8, 4) is 0 Å². The Labute approximate surface area is 84.5 Å². The number of halogens is 2. The maximum atomic E-state index is 3.81. The van der Waals surface area contributed by atoms with Crippen molar-refractivity contribution in [1.29, 1.82) is 0 Å². The molecule has 1 aromatic rings. The maximum absolute atomic E-state index is 3.81. The third-order valence-electron chi connectivity index (χ3n) is 1.63. The highest BCUT2D eigenvalue weighted by Gasteiger charge is 2.05. The fourth-order valence-corrected chi connectivity index (χ4v) is 0.838. The smallest absolute Gasteiger partial charge is 0.0750 e. The van der Waals surface area contributed by atoms with E-state index in [-0.39, 0.29) is 24.8 Å². The number of aryl methyl sites for hydroxylation is 1. The van der Waals surface area contributed by atoms with Gasteiger partial charge in [-0.3, -0.25) is 4.68 Å². The molecular formula is C6H14Cl2N4. The van der Waals surface area contributed by atoms with Crippen molar-refractivity contribution >= 4 is 24.8 Å². The molecule has 0 amide bonds. The van der Waals surface area contributed by atoms with Crippen molar-refractivity contribution in [1.82, 2.24) is 20.3 Å². The van der Waals surface area contributed by atoms with Crippen molar-refractivity contribution in [3.05, 3.63) is 11.9 Å². The monoisotopic (exact) mass is 212 g/mol. The van der Waals surface area contributed by atoms with Gasteiger partial charge in [0, 0.05) is 13.1 Å². The Kier molecular flexibility index (Phi) is 7.37. The van der Waals surface area contributed by atoms with Gasteiger partial charge in [-0.05, 0) is 14.0 Å². The zero-order valence-electron chi connectivity index (χ0n) is 7.31.